The number of likely N-dealkylation sites (tertiary alicyclic amines) is 1. The van der Waals surface area contributed by atoms with E-state index >= 15 is 0 Å². The summed E-state index contributed by atoms with van der Waals surface area (Å²) >= 11 is 0. The summed E-state index contributed by atoms with van der Waals surface area (Å²) in [5, 5.41) is 0. The number of aryl methyl sites for hydroxylation is 1. The number of ketones is 2. The van der Waals surface area contributed by atoms with Crippen molar-refractivity contribution in [3.63, 3.8) is 0 Å². The molecule has 0 aromatic heterocycles. The van der Waals surface area contributed by atoms with Crippen LogP contribution in [-0.4, -0.2) is 72.6 Å². The lowest BCUT2D eigenvalue weighted by Crippen LogP contribution is -2.27. The maximum atomic E-state index is 13.2. The van der Waals surface area contributed by atoms with Crippen LogP contribution in [0.4, 0.5) is 11.4 Å². The van der Waals surface area contributed by atoms with E-state index in [1.807, 2.05) is 12.1 Å². The minimum Gasteiger partial charge on any atom is -0.466 e. The molecule has 9 nitrogen and oxygen atoms in total. The zero-order valence-corrected chi connectivity index (χ0v) is 24.8. The Morgan fingerprint density at radius 3 is 2.20 bits per heavy atom. The molecule has 1 fully saturated rings. The molecule has 1 atom stereocenters. The van der Waals surface area contributed by atoms with Crippen LogP contribution in [0.2, 0.25) is 0 Å². The Morgan fingerprint density at radius 2 is 1.59 bits per heavy atom. The molecule has 1 saturated heterocycles. The summed E-state index contributed by atoms with van der Waals surface area (Å²) < 4.78 is 4.91. The van der Waals surface area contributed by atoms with Crippen LogP contribution >= 0.6 is 0 Å². The molecular weight excluding hydrogens is 520 g/mol. The molecule has 41 heavy (non-hydrogen) atoms. The van der Waals surface area contributed by atoms with Gasteiger partial charge in [0.1, 0.15) is 0 Å². The van der Waals surface area contributed by atoms with Crippen LogP contribution in [0.25, 0.3) is 0 Å². The maximum absolute atomic E-state index is 13.2. The van der Waals surface area contributed by atoms with Gasteiger partial charge in [-0.15, -0.1) is 0 Å². The molecule has 4 N–H and O–H groups in total. The summed E-state index contributed by atoms with van der Waals surface area (Å²) in [6.45, 7) is 12.8. The van der Waals surface area contributed by atoms with E-state index in [-0.39, 0.29) is 40.5 Å². The Balaban J connectivity index is 0.000000263. The maximum Gasteiger partial charge on any atom is 0.311 e. The number of nitrogens with two attached hydrogens (primary N) is 2. The number of amides is 1. The fraction of sp³-hybridized carbons (Fsp3) is 0.500. The standard InChI is InChI=1S/C21H25N3O2.C11H19NO3/c1-3-24(4-2)12-6-8-13-7-5-9-14-17(13)21(26)19-16(23)11-10-15(22)18(19)20(14)25;1-3-5-6-12-8-9(7-10(12)13)11(14)15-4-2/h5,7,9-11H,3-4,6,8,12,22-23H2,1-2H3;9H,3-8H2,1-2H3. The van der Waals surface area contributed by atoms with Gasteiger partial charge < -0.3 is 26.0 Å². The van der Waals surface area contributed by atoms with Gasteiger partial charge in [0.15, 0.2) is 11.6 Å². The van der Waals surface area contributed by atoms with Crippen molar-refractivity contribution >= 4 is 34.8 Å². The Labute approximate surface area is 243 Å². The van der Waals surface area contributed by atoms with Crippen molar-refractivity contribution in [1.82, 2.24) is 9.80 Å². The lowest BCUT2D eigenvalue weighted by Gasteiger charge is -2.23. The molecule has 4 rings (SSSR count). The van der Waals surface area contributed by atoms with Gasteiger partial charge in [-0.25, -0.2) is 0 Å². The lowest BCUT2D eigenvalue weighted by atomic mass is 9.79. The van der Waals surface area contributed by atoms with Crippen molar-refractivity contribution in [2.45, 2.75) is 59.8 Å². The third-order valence-electron chi connectivity index (χ3n) is 7.78. The van der Waals surface area contributed by atoms with Gasteiger partial charge in [0, 0.05) is 42.0 Å². The van der Waals surface area contributed by atoms with E-state index in [9.17, 15) is 19.2 Å². The number of ether oxygens (including phenoxy) is 1. The first-order valence-corrected chi connectivity index (χ1v) is 14.7. The van der Waals surface area contributed by atoms with Crippen LogP contribution in [0, 0.1) is 5.92 Å². The topological polar surface area (TPSA) is 136 Å². The Hall–Kier alpha value is -3.72. The smallest absolute Gasteiger partial charge is 0.311 e. The molecule has 0 bridgehead atoms. The Morgan fingerprint density at radius 1 is 0.927 bits per heavy atom. The normalized spacial score (nSPS) is 15.9. The van der Waals surface area contributed by atoms with Gasteiger partial charge >= 0.3 is 5.97 Å². The first kappa shape index (κ1) is 31.8. The number of rotatable bonds is 11. The molecular formula is C32H44N4O5. The van der Waals surface area contributed by atoms with E-state index in [4.69, 9.17) is 16.2 Å². The van der Waals surface area contributed by atoms with Crippen molar-refractivity contribution < 1.29 is 23.9 Å². The number of unbranched alkanes of at least 4 members (excludes halogenated alkanes) is 1. The van der Waals surface area contributed by atoms with Gasteiger partial charge in [-0.3, -0.25) is 19.2 Å². The van der Waals surface area contributed by atoms with Crippen molar-refractivity contribution in [3.05, 3.63) is 58.1 Å². The molecule has 0 radical (unpaired) electrons. The Kier molecular flexibility index (Phi) is 11.5. The van der Waals surface area contributed by atoms with Gasteiger partial charge in [0.05, 0.1) is 23.7 Å². The summed E-state index contributed by atoms with van der Waals surface area (Å²) in [4.78, 5) is 53.2. The number of carbonyl (C=O) groups is 4. The van der Waals surface area contributed by atoms with E-state index in [0.29, 0.717) is 42.1 Å². The first-order chi connectivity index (χ1) is 19.7. The number of hydrogen-bond donors (Lipinski definition) is 2. The number of carbonyl (C=O) groups excluding carboxylic acids is 4. The second kappa shape index (κ2) is 14.8. The van der Waals surface area contributed by atoms with Crippen molar-refractivity contribution in [3.8, 4) is 0 Å². The van der Waals surface area contributed by atoms with E-state index in [0.717, 1.165) is 57.4 Å². The van der Waals surface area contributed by atoms with Crippen molar-refractivity contribution in [2.75, 3.05) is 50.8 Å². The summed E-state index contributed by atoms with van der Waals surface area (Å²) in [5.41, 5.74) is 14.9. The van der Waals surface area contributed by atoms with Gasteiger partial charge in [-0.2, -0.15) is 0 Å². The average molecular weight is 565 g/mol. The van der Waals surface area contributed by atoms with Crippen LogP contribution in [0.1, 0.15) is 90.8 Å². The number of nitrogens with zero attached hydrogens (tertiary/aromatic N) is 2. The molecule has 2 aromatic carbocycles. The number of fused-ring (bicyclic) bond motifs is 2. The molecule has 0 spiro atoms. The third-order valence-corrected chi connectivity index (χ3v) is 7.78. The third kappa shape index (κ3) is 7.33. The molecule has 1 amide bonds. The zero-order valence-electron chi connectivity index (χ0n) is 24.8. The van der Waals surface area contributed by atoms with E-state index in [1.165, 1.54) is 0 Å². The largest absolute Gasteiger partial charge is 0.466 e. The fourth-order valence-corrected chi connectivity index (χ4v) is 5.44. The zero-order chi connectivity index (χ0) is 30.1. The van der Waals surface area contributed by atoms with Gasteiger partial charge in [0.2, 0.25) is 5.91 Å². The SMILES string of the molecule is CCCCN1CC(C(=O)OCC)CC1=O.CCN(CC)CCCc1cccc2c1C(=O)c1c(N)ccc(N)c1C2=O. The molecule has 222 valence electrons. The highest BCUT2D eigenvalue weighted by molar-refractivity contribution is 6.32. The van der Waals surface area contributed by atoms with E-state index < -0.39 is 0 Å². The fourth-order valence-electron chi connectivity index (χ4n) is 5.44. The van der Waals surface area contributed by atoms with Crippen molar-refractivity contribution in [1.29, 1.82) is 0 Å². The van der Waals surface area contributed by atoms with Crippen LogP contribution < -0.4 is 11.5 Å². The summed E-state index contributed by atoms with van der Waals surface area (Å²) in [6, 6.07) is 8.64. The van der Waals surface area contributed by atoms with Crippen LogP contribution in [0.3, 0.4) is 0 Å². The minimum atomic E-state index is -0.241. The highest BCUT2D eigenvalue weighted by Crippen LogP contribution is 2.35. The van der Waals surface area contributed by atoms with Crippen LogP contribution in [0.15, 0.2) is 30.3 Å². The van der Waals surface area contributed by atoms with Crippen LogP contribution in [-0.2, 0) is 20.7 Å². The van der Waals surface area contributed by atoms with Crippen LogP contribution in [0.5, 0.6) is 0 Å². The second-order valence-electron chi connectivity index (χ2n) is 10.5. The van der Waals surface area contributed by atoms with Gasteiger partial charge in [0.25, 0.3) is 0 Å². The predicted octanol–water partition coefficient (Wildman–Crippen LogP) is 4.10. The quantitative estimate of drug-likeness (QED) is 0.262. The summed E-state index contributed by atoms with van der Waals surface area (Å²) in [5.74, 6) is -0.802. The number of benzene rings is 2. The van der Waals surface area contributed by atoms with Gasteiger partial charge in [-0.1, -0.05) is 45.4 Å². The molecule has 2 aromatic rings. The molecule has 1 aliphatic carbocycles. The number of esters is 1. The molecule has 9 heteroatoms. The number of hydrogen-bond acceptors (Lipinski definition) is 8. The lowest BCUT2D eigenvalue weighted by molar-refractivity contribution is -0.147. The number of anilines is 2. The highest BCUT2D eigenvalue weighted by atomic mass is 16.5. The minimum absolute atomic E-state index is 0.0847. The Bertz CT molecular complexity index is 1270. The summed E-state index contributed by atoms with van der Waals surface area (Å²) in [7, 11) is 0. The van der Waals surface area contributed by atoms with E-state index in [2.05, 4.69) is 25.7 Å². The molecule has 1 unspecified atom stereocenters. The second-order valence-corrected chi connectivity index (χ2v) is 10.5. The molecule has 2 aliphatic rings. The average Bonchev–Trinajstić information content (AvgIpc) is 3.34. The van der Waals surface area contributed by atoms with E-state index in [1.54, 1.807) is 30.0 Å². The highest BCUT2D eigenvalue weighted by Gasteiger charge is 2.35. The van der Waals surface area contributed by atoms with Gasteiger partial charge in [-0.05, 0) is 63.5 Å². The predicted molar refractivity (Wildman–Crippen MR) is 161 cm³/mol. The number of nitrogen functional groups attached to an aromatic ring is 2. The van der Waals surface area contributed by atoms with Crippen molar-refractivity contribution in [2.24, 2.45) is 5.92 Å². The molecule has 1 aliphatic heterocycles. The molecule has 1 heterocycles. The monoisotopic (exact) mass is 564 g/mol. The molecule has 0 saturated carbocycles. The first-order valence-electron chi connectivity index (χ1n) is 14.7. The summed E-state index contributed by atoms with van der Waals surface area (Å²) in [6.07, 6.45) is 4.06.